The van der Waals surface area contributed by atoms with E-state index in [4.69, 9.17) is 19.9 Å². The lowest BCUT2D eigenvalue weighted by molar-refractivity contribution is -0.0408. The summed E-state index contributed by atoms with van der Waals surface area (Å²) in [7, 11) is 1.73. The third-order valence-electron chi connectivity index (χ3n) is 3.17. The van der Waals surface area contributed by atoms with Gasteiger partial charge in [0, 0.05) is 13.0 Å². The molecule has 0 aliphatic carbocycles. The molecule has 0 amide bonds. The van der Waals surface area contributed by atoms with Gasteiger partial charge in [-0.2, -0.15) is 0 Å². The average molecular weight is 187 g/mol. The molecule has 2 aliphatic rings. The number of rotatable bonds is 3. The molecule has 4 nitrogen and oxygen atoms in total. The van der Waals surface area contributed by atoms with Crippen LogP contribution in [-0.4, -0.2) is 45.2 Å². The monoisotopic (exact) mass is 187 g/mol. The summed E-state index contributed by atoms with van der Waals surface area (Å²) in [6, 6.07) is 0. The summed E-state index contributed by atoms with van der Waals surface area (Å²) >= 11 is 0. The molecule has 0 aromatic heterocycles. The fourth-order valence-corrected chi connectivity index (χ4v) is 2.29. The Balaban J connectivity index is 2.06. The van der Waals surface area contributed by atoms with Gasteiger partial charge in [-0.15, -0.1) is 0 Å². The molecule has 2 heterocycles. The van der Waals surface area contributed by atoms with Crippen molar-refractivity contribution in [2.75, 3.05) is 33.5 Å². The van der Waals surface area contributed by atoms with Crippen LogP contribution < -0.4 is 5.73 Å². The van der Waals surface area contributed by atoms with Gasteiger partial charge in [0.25, 0.3) is 0 Å². The molecule has 3 atom stereocenters. The van der Waals surface area contributed by atoms with Gasteiger partial charge in [0.15, 0.2) is 0 Å². The Kier molecular flexibility index (Phi) is 2.55. The molecule has 76 valence electrons. The zero-order valence-corrected chi connectivity index (χ0v) is 7.99. The van der Waals surface area contributed by atoms with Crippen molar-refractivity contribution in [2.45, 2.75) is 18.1 Å². The summed E-state index contributed by atoms with van der Waals surface area (Å²) < 4.78 is 16.6. The van der Waals surface area contributed by atoms with Gasteiger partial charge in [-0.05, 0) is 13.0 Å². The van der Waals surface area contributed by atoms with Crippen molar-refractivity contribution in [1.82, 2.24) is 0 Å². The van der Waals surface area contributed by atoms with Crippen LogP contribution in [0.3, 0.4) is 0 Å². The summed E-state index contributed by atoms with van der Waals surface area (Å²) in [5.41, 5.74) is 5.33. The molecule has 0 aromatic carbocycles. The van der Waals surface area contributed by atoms with Crippen LogP contribution in [0.5, 0.6) is 0 Å². The van der Waals surface area contributed by atoms with Crippen LogP contribution in [0.2, 0.25) is 0 Å². The molecule has 2 saturated heterocycles. The van der Waals surface area contributed by atoms with E-state index < -0.39 is 0 Å². The lowest BCUT2D eigenvalue weighted by atomic mass is 9.88. The number of hydrogen-bond donors (Lipinski definition) is 1. The predicted octanol–water partition coefficient (Wildman–Crippen LogP) is -0.234. The van der Waals surface area contributed by atoms with E-state index in [0.717, 1.165) is 13.0 Å². The van der Waals surface area contributed by atoms with Crippen molar-refractivity contribution in [3.63, 3.8) is 0 Å². The summed E-state index contributed by atoms with van der Waals surface area (Å²) in [5.74, 6) is 0.376. The number of hydrogen-bond acceptors (Lipinski definition) is 4. The van der Waals surface area contributed by atoms with Crippen molar-refractivity contribution in [3.8, 4) is 0 Å². The zero-order chi connectivity index (χ0) is 9.31. The van der Waals surface area contributed by atoms with Gasteiger partial charge < -0.3 is 19.9 Å². The van der Waals surface area contributed by atoms with Gasteiger partial charge in [-0.1, -0.05) is 0 Å². The van der Waals surface area contributed by atoms with Crippen LogP contribution in [0, 0.1) is 5.92 Å². The molecule has 0 radical (unpaired) electrons. The molecule has 0 aromatic rings. The average Bonchev–Trinajstić information content (AvgIpc) is 2.67. The minimum atomic E-state index is -0.181. The highest BCUT2D eigenvalue weighted by Crippen LogP contribution is 2.39. The van der Waals surface area contributed by atoms with E-state index in [9.17, 15) is 0 Å². The smallest absolute Gasteiger partial charge is 0.122 e. The van der Waals surface area contributed by atoms with Gasteiger partial charge in [0.05, 0.1) is 25.9 Å². The van der Waals surface area contributed by atoms with Crippen molar-refractivity contribution in [1.29, 1.82) is 0 Å². The second-order valence-corrected chi connectivity index (χ2v) is 3.82. The first-order valence-corrected chi connectivity index (χ1v) is 4.77. The minimum Gasteiger partial charge on any atom is -0.378 e. The highest BCUT2D eigenvalue weighted by atomic mass is 16.6. The van der Waals surface area contributed by atoms with E-state index in [1.165, 1.54) is 0 Å². The predicted molar refractivity (Wildman–Crippen MR) is 47.5 cm³/mol. The van der Waals surface area contributed by atoms with Crippen molar-refractivity contribution < 1.29 is 14.2 Å². The molecule has 2 aliphatic heterocycles. The Hall–Kier alpha value is -0.160. The molecule has 4 heteroatoms. The molecule has 0 bridgehead atoms. The van der Waals surface area contributed by atoms with Crippen LogP contribution in [-0.2, 0) is 14.2 Å². The molecular weight excluding hydrogens is 170 g/mol. The van der Waals surface area contributed by atoms with Gasteiger partial charge in [0.1, 0.15) is 5.60 Å². The number of fused-ring (bicyclic) bond motifs is 1. The van der Waals surface area contributed by atoms with E-state index >= 15 is 0 Å². The van der Waals surface area contributed by atoms with Crippen LogP contribution >= 0.6 is 0 Å². The largest absolute Gasteiger partial charge is 0.378 e. The van der Waals surface area contributed by atoms with Crippen LogP contribution in [0.15, 0.2) is 0 Å². The molecular formula is C9H17NO3. The topological polar surface area (TPSA) is 53.7 Å². The van der Waals surface area contributed by atoms with Crippen molar-refractivity contribution in [3.05, 3.63) is 0 Å². The second kappa shape index (κ2) is 3.53. The SMILES string of the molecule is COC12COCC1C(CCN)OC2. The van der Waals surface area contributed by atoms with Gasteiger partial charge in [0.2, 0.25) is 0 Å². The summed E-state index contributed by atoms with van der Waals surface area (Å²) in [6.07, 6.45) is 1.13. The Labute approximate surface area is 78.3 Å². The Morgan fingerprint density at radius 2 is 2.38 bits per heavy atom. The molecule has 0 saturated carbocycles. The molecule has 2 rings (SSSR count). The van der Waals surface area contributed by atoms with Crippen LogP contribution in [0.25, 0.3) is 0 Å². The zero-order valence-electron chi connectivity index (χ0n) is 7.99. The Morgan fingerprint density at radius 1 is 1.54 bits per heavy atom. The number of methoxy groups -OCH3 is 1. The quantitative estimate of drug-likeness (QED) is 0.663. The maximum atomic E-state index is 5.67. The van der Waals surface area contributed by atoms with Gasteiger partial charge >= 0.3 is 0 Å². The van der Waals surface area contributed by atoms with E-state index in [2.05, 4.69) is 0 Å². The van der Waals surface area contributed by atoms with E-state index in [1.54, 1.807) is 7.11 Å². The fourth-order valence-electron chi connectivity index (χ4n) is 2.29. The van der Waals surface area contributed by atoms with Gasteiger partial charge in [-0.3, -0.25) is 0 Å². The molecule has 3 unspecified atom stereocenters. The summed E-state index contributed by atoms with van der Waals surface area (Å²) in [5, 5.41) is 0. The lowest BCUT2D eigenvalue weighted by Crippen LogP contribution is -2.40. The van der Waals surface area contributed by atoms with E-state index in [1.807, 2.05) is 0 Å². The first-order chi connectivity index (χ1) is 6.32. The fraction of sp³-hybridized carbons (Fsp3) is 1.00. The first-order valence-electron chi connectivity index (χ1n) is 4.77. The second-order valence-electron chi connectivity index (χ2n) is 3.82. The van der Waals surface area contributed by atoms with Crippen LogP contribution in [0.1, 0.15) is 6.42 Å². The highest BCUT2D eigenvalue weighted by molar-refractivity contribution is 5.01. The molecule has 2 fully saturated rings. The Bertz CT molecular complexity index is 188. The van der Waals surface area contributed by atoms with E-state index in [0.29, 0.717) is 25.7 Å². The highest BCUT2D eigenvalue weighted by Gasteiger charge is 2.53. The van der Waals surface area contributed by atoms with Crippen LogP contribution in [0.4, 0.5) is 0 Å². The third kappa shape index (κ3) is 1.38. The third-order valence-corrected chi connectivity index (χ3v) is 3.17. The van der Waals surface area contributed by atoms with E-state index in [-0.39, 0.29) is 11.7 Å². The normalized spacial score (nSPS) is 43.8. The maximum absolute atomic E-state index is 5.67. The van der Waals surface area contributed by atoms with Gasteiger partial charge in [-0.25, -0.2) is 0 Å². The lowest BCUT2D eigenvalue weighted by Gasteiger charge is -2.24. The first kappa shape index (κ1) is 9.40. The maximum Gasteiger partial charge on any atom is 0.122 e. The molecule has 2 N–H and O–H groups in total. The summed E-state index contributed by atoms with van der Waals surface area (Å²) in [4.78, 5) is 0. The Morgan fingerprint density at radius 3 is 3.08 bits per heavy atom. The summed E-state index contributed by atoms with van der Waals surface area (Å²) in [6.45, 7) is 2.73. The number of ether oxygens (including phenoxy) is 3. The molecule has 13 heavy (non-hydrogen) atoms. The van der Waals surface area contributed by atoms with Crippen molar-refractivity contribution >= 4 is 0 Å². The van der Waals surface area contributed by atoms with Crippen molar-refractivity contribution in [2.24, 2.45) is 11.7 Å². The standard InChI is InChI=1S/C9H17NO3/c1-11-9-5-12-4-7(9)8(2-3-10)13-6-9/h7-8H,2-6,10H2,1H3. The number of nitrogens with two attached hydrogens (primary N) is 1. The molecule has 0 spiro atoms. The minimum absolute atomic E-state index is 0.181.